The molecule has 1 saturated carbocycles. The molecule has 170 valence electrons. The van der Waals surface area contributed by atoms with Crippen molar-refractivity contribution in [3.05, 3.63) is 76.3 Å². The molecule has 2 aliphatic rings. The van der Waals surface area contributed by atoms with E-state index in [-0.39, 0.29) is 11.7 Å². The molecule has 33 heavy (non-hydrogen) atoms. The van der Waals surface area contributed by atoms with Crippen LogP contribution in [0.25, 0.3) is 0 Å². The minimum absolute atomic E-state index is 0.0883. The summed E-state index contributed by atoms with van der Waals surface area (Å²) in [4.78, 5) is 30.4. The Hall–Kier alpha value is -3.06. The second-order valence-electron chi connectivity index (χ2n) is 8.78. The molecule has 7 heteroatoms. The van der Waals surface area contributed by atoms with Gasteiger partial charge in [0.25, 0.3) is 5.91 Å². The van der Waals surface area contributed by atoms with Gasteiger partial charge in [0.1, 0.15) is 5.01 Å². The van der Waals surface area contributed by atoms with Gasteiger partial charge in [0.05, 0.1) is 5.56 Å². The van der Waals surface area contributed by atoms with Crippen molar-refractivity contribution in [2.24, 2.45) is 0 Å². The first-order valence-electron chi connectivity index (χ1n) is 11.8. The Morgan fingerprint density at radius 2 is 1.45 bits per heavy atom. The van der Waals surface area contributed by atoms with Crippen molar-refractivity contribution in [1.29, 1.82) is 0 Å². The molecule has 2 aromatic carbocycles. The van der Waals surface area contributed by atoms with Crippen LogP contribution in [0.5, 0.6) is 0 Å². The summed E-state index contributed by atoms with van der Waals surface area (Å²) in [7, 11) is 0. The largest absolute Gasteiger partial charge is 0.343 e. The molecule has 1 amide bonds. The molecule has 0 radical (unpaired) electrons. The second-order valence-corrected chi connectivity index (χ2v) is 9.77. The number of hydrogen-bond donors (Lipinski definition) is 0. The Morgan fingerprint density at radius 1 is 0.788 bits per heavy atom. The molecule has 1 aliphatic carbocycles. The number of hydrogen-bond acceptors (Lipinski definition) is 6. The first kappa shape index (κ1) is 21.8. The van der Waals surface area contributed by atoms with Gasteiger partial charge in [-0.15, -0.1) is 10.2 Å². The molecular formula is C26H28N4O2S. The summed E-state index contributed by atoms with van der Waals surface area (Å²) >= 11 is 1.71. The molecule has 1 aromatic heterocycles. The summed E-state index contributed by atoms with van der Waals surface area (Å²) in [6, 6.07) is 16.2. The van der Waals surface area contributed by atoms with Crippen molar-refractivity contribution in [2.45, 2.75) is 38.0 Å². The lowest BCUT2D eigenvalue weighted by molar-refractivity contribution is 0.0742. The number of carbonyl (C=O) groups is 2. The number of anilines is 1. The summed E-state index contributed by atoms with van der Waals surface area (Å²) in [6.45, 7) is 2.65. The molecule has 0 spiro atoms. The van der Waals surface area contributed by atoms with Crippen LogP contribution >= 0.6 is 11.3 Å². The number of piperazine rings is 1. The monoisotopic (exact) mass is 460 g/mol. The molecule has 0 N–H and O–H groups in total. The third kappa shape index (κ3) is 4.69. The van der Waals surface area contributed by atoms with Gasteiger partial charge in [-0.2, -0.15) is 0 Å². The van der Waals surface area contributed by atoms with Crippen LogP contribution in [0.1, 0.15) is 69.3 Å². The third-order valence-electron chi connectivity index (χ3n) is 6.66. The summed E-state index contributed by atoms with van der Waals surface area (Å²) in [6.07, 6.45) is 6.34. The highest BCUT2D eigenvalue weighted by molar-refractivity contribution is 7.15. The highest BCUT2D eigenvalue weighted by Crippen LogP contribution is 2.36. The molecule has 2 heterocycles. The molecule has 5 rings (SSSR count). The summed E-state index contributed by atoms with van der Waals surface area (Å²) in [5, 5.41) is 11.1. The lowest BCUT2D eigenvalue weighted by Crippen LogP contribution is -2.49. The maximum atomic E-state index is 13.3. The van der Waals surface area contributed by atoms with E-state index in [1.807, 2.05) is 35.2 Å². The van der Waals surface area contributed by atoms with Gasteiger partial charge in [-0.1, -0.05) is 79.1 Å². The van der Waals surface area contributed by atoms with E-state index in [0.717, 1.165) is 23.2 Å². The average Bonchev–Trinajstić information content (AvgIpc) is 3.39. The fourth-order valence-electron chi connectivity index (χ4n) is 4.75. The third-order valence-corrected chi connectivity index (χ3v) is 7.81. The van der Waals surface area contributed by atoms with E-state index >= 15 is 0 Å². The molecule has 0 atom stereocenters. The van der Waals surface area contributed by atoms with Crippen molar-refractivity contribution < 1.29 is 9.59 Å². The van der Waals surface area contributed by atoms with Crippen molar-refractivity contribution in [2.75, 3.05) is 31.1 Å². The van der Waals surface area contributed by atoms with E-state index in [2.05, 4.69) is 15.1 Å². The zero-order valence-electron chi connectivity index (χ0n) is 18.7. The zero-order valence-corrected chi connectivity index (χ0v) is 19.5. The zero-order chi connectivity index (χ0) is 22.6. The predicted octanol–water partition coefficient (Wildman–Crippen LogP) is 4.78. The summed E-state index contributed by atoms with van der Waals surface area (Å²) in [5.74, 6) is 0.350. The van der Waals surface area contributed by atoms with E-state index in [1.54, 1.807) is 35.6 Å². The molecule has 0 bridgehead atoms. The van der Waals surface area contributed by atoms with Crippen LogP contribution in [0, 0.1) is 0 Å². The molecule has 3 aromatic rings. The number of aromatic nitrogens is 2. The maximum Gasteiger partial charge on any atom is 0.254 e. The highest BCUT2D eigenvalue weighted by atomic mass is 32.1. The standard InChI is InChI=1S/C26H28N4O2S/c31-23(19-9-3-1-4-10-19)21-13-7-8-14-22(21)25(32)29-15-17-30(18-16-29)26-28-27-24(33-26)20-11-5-2-6-12-20/h1,3-4,7-10,13-14,20H,2,5-6,11-12,15-18H2. The van der Waals surface area contributed by atoms with Gasteiger partial charge < -0.3 is 9.80 Å². The van der Waals surface area contributed by atoms with Crippen LogP contribution in [-0.2, 0) is 0 Å². The minimum Gasteiger partial charge on any atom is -0.343 e. The average molecular weight is 461 g/mol. The topological polar surface area (TPSA) is 66.4 Å². The molecule has 0 unspecified atom stereocenters. The fourth-order valence-corrected chi connectivity index (χ4v) is 5.82. The smallest absolute Gasteiger partial charge is 0.254 e. The van der Waals surface area contributed by atoms with Crippen LogP contribution in [-0.4, -0.2) is 53.0 Å². The van der Waals surface area contributed by atoms with Crippen molar-refractivity contribution >= 4 is 28.2 Å². The van der Waals surface area contributed by atoms with Gasteiger partial charge in [0, 0.05) is 43.2 Å². The van der Waals surface area contributed by atoms with Crippen molar-refractivity contribution in [3.8, 4) is 0 Å². The van der Waals surface area contributed by atoms with Gasteiger partial charge in [0.2, 0.25) is 5.13 Å². The van der Waals surface area contributed by atoms with E-state index in [4.69, 9.17) is 0 Å². The first-order chi connectivity index (χ1) is 16.2. The summed E-state index contributed by atoms with van der Waals surface area (Å²) in [5.41, 5.74) is 1.51. The van der Waals surface area contributed by atoms with E-state index < -0.39 is 0 Å². The molecule has 2 fully saturated rings. The second kappa shape index (κ2) is 9.83. The number of rotatable bonds is 5. The first-order valence-corrected chi connectivity index (χ1v) is 12.6. The van der Waals surface area contributed by atoms with Crippen LogP contribution in [0.3, 0.4) is 0 Å². The van der Waals surface area contributed by atoms with Crippen LogP contribution in [0.15, 0.2) is 54.6 Å². The Kier molecular flexibility index (Phi) is 6.48. The van der Waals surface area contributed by atoms with E-state index in [1.165, 1.54) is 32.1 Å². The van der Waals surface area contributed by atoms with Gasteiger partial charge in [-0.3, -0.25) is 9.59 Å². The summed E-state index contributed by atoms with van der Waals surface area (Å²) < 4.78 is 0. The fraction of sp³-hybridized carbons (Fsp3) is 0.385. The van der Waals surface area contributed by atoms with Gasteiger partial charge in [0.15, 0.2) is 5.78 Å². The lowest BCUT2D eigenvalue weighted by Gasteiger charge is -2.34. The quantitative estimate of drug-likeness (QED) is 0.513. The SMILES string of the molecule is O=C(c1ccccc1)c1ccccc1C(=O)N1CCN(c2nnc(C3CCCCC3)s2)CC1. The van der Waals surface area contributed by atoms with Crippen LogP contribution in [0.4, 0.5) is 5.13 Å². The van der Waals surface area contributed by atoms with Crippen molar-refractivity contribution in [3.63, 3.8) is 0 Å². The number of nitrogens with zero attached hydrogens (tertiary/aromatic N) is 4. The minimum atomic E-state index is -0.123. The molecule has 1 saturated heterocycles. The van der Waals surface area contributed by atoms with Gasteiger partial charge >= 0.3 is 0 Å². The maximum absolute atomic E-state index is 13.3. The van der Waals surface area contributed by atoms with Crippen LogP contribution < -0.4 is 4.90 Å². The molecule has 1 aliphatic heterocycles. The Morgan fingerprint density at radius 3 is 2.18 bits per heavy atom. The van der Waals surface area contributed by atoms with E-state index in [0.29, 0.717) is 35.7 Å². The van der Waals surface area contributed by atoms with Gasteiger partial charge in [-0.25, -0.2) is 0 Å². The highest BCUT2D eigenvalue weighted by Gasteiger charge is 2.28. The Bertz CT molecular complexity index is 1120. The normalized spacial score (nSPS) is 17.2. The number of benzene rings is 2. The Labute approximate surface area is 198 Å². The number of ketones is 1. The molecule has 6 nitrogen and oxygen atoms in total. The predicted molar refractivity (Wildman–Crippen MR) is 130 cm³/mol. The Balaban J connectivity index is 1.25. The lowest BCUT2D eigenvalue weighted by atomic mass is 9.90. The van der Waals surface area contributed by atoms with Crippen molar-refractivity contribution in [1.82, 2.24) is 15.1 Å². The number of amides is 1. The number of carbonyl (C=O) groups excluding carboxylic acids is 2. The van der Waals surface area contributed by atoms with Gasteiger partial charge in [-0.05, 0) is 18.9 Å². The van der Waals surface area contributed by atoms with E-state index in [9.17, 15) is 9.59 Å². The molecular weight excluding hydrogens is 432 g/mol. The van der Waals surface area contributed by atoms with Crippen LogP contribution in [0.2, 0.25) is 0 Å².